The molecule has 0 bridgehead atoms. The molecule has 0 spiro atoms. The van der Waals surface area contributed by atoms with Gasteiger partial charge >= 0.3 is 5.97 Å². The number of hydrogen-bond acceptors (Lipinski definition) is 3. The molecule has 0 aromatic carbocycles. The van der Waals surface area contributed by atoms with Crippen LogP contribution in [0.4, 0.5) is 4.39 Å². The molecule has 1 aromatic rings. The van der Waals surface area contributed by atoms with Crippen molar-refractivity contribution >= 4 is 45.4 Å². The number of pyridine rings is 1. The van der Waals surface area contributed by atoms with Crippen molar-refractivity contribution in [1.29, 1.82) is 0 Å². The van der Waals surface area contributed by atoms with Gasteiger partial charge in [-0.1, -0.05) is 0 Å². The van der Waals surface area contributed by atoms with Gasteiger partial charge in [0.05, 0.1) is 4.47 Å². The molecule has 1 aromatic heterocycles. The van der Waals surface area contributed by atoms with Crippen molar-refractivity contribution in [3.8, 4) is 5.88 Å². The smallest absolute Gasteiger partial charge is 0.357 e. The molecule has 4 nitrogen and oxygen atoms in total. The molecule has 9 heteroatoms. The minimum absolute atomic E-state index is 0.0614. The first-order chi connectivity index (χ1) is 7.20. The molecule has 0 aliphatic rings. The third-order valence-corrected chi connectivity index (χ3v) is 2.07. The van der Waals surface area contributed by atoms with Crippen molar-refractivity contribution in [2.24, 2.45) is 0 Å². The summed E-state index contributed by atoms with van der Waals surface area (Å²) in [7, 11) is 5.35. The molecular weight excluding hydrogens is 277 g/mol. The number of rotatable bonds is 3. The van der Waals surface area contributed by atoms with Gasteiger partial charge in [0.2, 0.25) is 5.88 Å². The summed E-state index contributed by atoms with van der Waals surface area (Å²) in [6.45, 7) is 0. The fourth-order valence-electron chi connectivity index (χ4n) is 0.961. The Morgan fingerprint density at radius 1 is 1.56 bits per heavy atom. The lowest BCUT2D eigenvalue weighted by molar-refractivity contribution is 0.0683. The molecule has 1 rings (SSSR count). The second kappa shape index (κ2) is 4.49. The van der Waals surface area contributed by atoms with Gasteiger partial charge in [0.1, 0.15) is 23.5 Å². The Balaban J connectivity index is 3.20. The van der Waals surface area contributed by atoms with Gasteiger partial charge in [0, 0.05) is 5.30 Å². The maximum absolute atomic E-state index is 13.2. The Hall–Kier alpha value is -0.975. The molecule has 16 heavy (non-hydrogen) atoms. The lowest BCUT2D eigenvalue weighted by atomic mass is 9.52. The van der Waals surface area contributed by atoms with Crippen molar-refractivity contribution in [2.45, 2.75) is 5.30 Å². The molecule has 0 saturated heterocycles. The van der Waals surface area contributed by atoms with Crippen LogP contribution in [0.5, 0.6) is 5.88 Å². The zero-order valence-electron chi connectivity index (χ0n) is 9.04. The standard InChI is InChI=1S/C7H8B3BrFNO3/c8-7(9,10)16-5-2(11)1-3(12)4(13-5)6(14)15/h1H,8-10H2,(H,14,15). The van der Waals surface area contributed by atoms with E-state index in [4.69, 9.17) is 9.84 Å². The summed E-state index contributed by atoms with van der Waals surface area (Å²) >= 11 is 3.06. The quantitative estimate of drug-likeness (QED) is 0.692. The van der Waals surface area contributed by atoms with E-state index in [1.807, 2.05) is 0 Å². The van der Waals surface area contributed by atoms with Crippen molar-refractivity contribution in [2.75, 3.05) is 0 Å². The van der Waals surface area contributed by atoms with E-state index in [1.54, 1.807) is 23.5 Å². The van der Waals surface area contributed by atoms with Gasteiger partial charge in [0.15, 0.2) is 11.5 Å². The zero-order valence-corrected chi connectivity index (χ0v) is 10.6. The van der Waals surface area contributed by atoms with Crippen LogP contribution >= 0.6 is 15.9 Å². The van der Waals surface area contributed by atoms with E-state index >= 15 is 0 Å². The van der Waals surface area contributed by atoms with E-state index in [-0.39, 0.29) is 10.4 Å². The fourth-order valence-corrected chi connectivity index (χ4v) is 1.33. The number of aromatic nitrogens is 1. The van der Waals surface area contributed by atoms with Crippen LogP contribution in [-0.4, -0.2) is 44.9 Å². The molecule has 0 amide bonds. The van der Waals surface area contributed by atoms with Gasteiger partial charge in [-0.05, 0) is 22.0 Å². The highest BCUT2D eigenvalue weighted by molar-refractivity contribution is 9.10. The van der Waals surface area contributed by atoms with E-state index < -0.39 is 22.8 Å². The molecule has 0 radical (unpaired) electrons. The van der Waals surface area contributed by atoms with Crippen LogP contribution < -0.4 is 4.74 Å². The Kier molecular flexibility index (Phi) is 3.67. The Labute approximate surface area is 103 Å². The Morgan fingerprint density at radius 3 is 2.56 bits per heavy atom. The number of carbonyl (C=O) groups is 1. The molecule has 1 heterocycles. The van der Waals surface area contributed by atoms with Gasteiger partial charge in [0.25, 0.3) is 0 Å². The molecule has 0 fully saturated rings. The maximum Gasteiger partial charge on any atom is 0.357 e. The van der Waals surface area contributed by atoms with Crippen molar-refractivity contribution in [1.82, 2.24) is 4.98 Å². The highest BCUT2D eigenvalue weighted by Gasteiger charge is 2.20. The van der Waals surface area contributed by atoms with Crippen LogP contribution in [0, 0.1) is 5.82 Å². The lowest BCUT2D eigenvalue weighted by Gasteiger charge is -2.21. The summed E-state index contributed by atoms with van der Waals surface area (Å²) in [6, 6.07) is 1.03. The van der Waals surface area contributed by atoms with E-state index in [9.17, 15) is 9.18 Å². The number of ether oxygens (including phenoxy) is 1. The number of carboxylic acids is 1. The lowest BCUT2D eigenvalue weighted by Crippen LogP contribution is -2.38. The normalized spacial score (nSPS) is 11.1. The highest BCUT2D eigenvalue weighted by Crippen LogP contribution is 2.26. The minimum Gasteiger partial charge on any atom is -0.498 e. The predicted octanol–water partition coefficient (Wildman–Crippen LogP) is -1.43. The van der Waals surface area contributed by atoms with Gasteiger partial charge in [-0.25, -0.2) is 14.2 Å². The van der Waals surface area contributed by atoms with Crippen molar-refractivity contribution in [3.63, 3.8) is 0 Å². The molecule has 0 aliphatic carbocycles. The van der Waals surface area contributed by atoms with Crippen LogP contribution in [0.2, 0.25) is 0 Å². The topological polar surface area (TPSA) is 59.4 Å². The fraction of sp³-hybridized carbons (Fsp3) is 0.143. The number of halogens is 2. The number of hydrogen-bond donors (Lipinski definition) is 1. The molecule has 0 saturated carbocycles. The van der Waals surface area contributed by atoms with E-state index in [1.165, 1.54) is 0 Å². The molecule has 0 aliphatic heterocycles. The van der Waals surface area contributed by atoms with Crippen molar-refractivity contribution < 1.29 is 19.0 Å². The third-order valence-electron chi connectivity index (χ3n) is 1.50. The first-order valence-corrected chi connectivity index (χ1v) is 5.28. The van der Waals surface area contributed by atoms with Gasteiger partial charge in [-0.3, -0.25) is 0 Å². The number of aromatic carboxylic acids is 1. The minimum atomic E-state index is -1.43. The third kappa shape index (κ3) is 3.26. The monoisotopic (exact) mass is 285 g/mol. The zero-order chi connectivity index (χ0) is 12.5. The van der Waals surface area contributed by atoms with Crippen molar-refractivity contribution in [3.05, 3.63) is 22.1 Å². The average molecular weight is 285 g/mol. The maximum atomic E-state index is 13.2. The van der Waals surface area contributed by atoms with Crippen LogP contribution in [-0.2, 0) is 0 Å². The summed E-state index contributed by atoms with van der Waals surface area (Å²) in [4.78, 5) is 14.3. The molecule has 0 atom stereocenters. The largest absolute Gasteiger partial charge is 0.498 e. The summed E-state index contributed by atoms with van der Waals surface area (Å²) < 4.78 is 18.9. The summed E-state index contributed by atoms with van der Waals surface area (Å²) in [5.74, 6) is -2.27. The second-order valence-electron chi connectivity index (χ2n) is 4.13. The Bertz CT molecular complexity index is 438. The average Bonchev–Trinajstić information content (AvgIpc) is 2.07. The second-order valence-corrected chi connectivity index (χ2v) is 4.98. The highest BCUT2D eigenvalue weighted by atomic mass is 79.9. The summed E-state index contributed by atoms with van der Waals surface area (Å²) in [5.41, 5.74) is -0.651. The van der Waals surface area contributed by atoms with E-state index in [2.05, 4.69) is 20.9 Å². The molecule has 1 N–H and O–H groups in total. The first-order valence-electron chi connectivity index (χ1n) is 4.49. The molecule has 82 valence electrons. The summed E-state index contributed by atoms with van der Waals surface area (Å²) in [5, 5.41) is 8.17. The summed E-state index contributed by atoms with van der Waals surface area (Å²) in [6.07, 6.45) is 0. The van der Waals surface area contributed by atoms with Crippen LogP contribution in [0.25, 0.3) is 0 Å². The first kappa shape index (κ1) is 13.1. The number of nitrogens with zero attached hydrogens (tertiary/aromatic N) is 1. The Morgan fingerprint density at radius 2 is 2.12 bits per heavy atom. The predicted molar refractivity (Wildman–Crippen MR) is 67.8 cm³/mol. The van der Waals surface area contributed by atoms with E-state index in [0.29, 0.717) is 0 Å². The van der Waals surface area contributed by atoms with Crippen LogP contribution in [0.15, 0.2) is 10.5 Å². The molecule has 0 unspecified atom stereocenters. The van der Waals surface area contributed by atoms with Gasteiger partial charge in [-0.15, -0.1) is 0 Å². The number of carboxylic acid groups (broad SMARTS) is 1. The van der Waals surface area contributed by atoms with Crippen LogP contribution in [0.3, 0.4) is 0 Å². The van der Waals surface area contributed by atoms with Gasteiger partial charge in [-0.2, -0.15) is 0 Å². The SMILES string of the molecule is BC(B)(B)Oc1nc(C(=O)O)c(F)cc1Br. The van der Waals surface area contributed by atoms with Crippen LogP contribution in [0.1, 0.15) is 10.5 Å². The molecular formula is C7H8B3BrFNO3. The van der Waals surface area contributed by atoms with E-state index in [0.717, 1.165) is 6.07 Å². The van der Waals surface area contributed by atoms with Gasteiger partial charge < -0.3 is 9.84 Å².